The number of anilines is 2. The number of amides is 1. The van der Waals surface area contributed by atoms with Gasteiger partial charge in [-0.2, -0.15) is 0 Å². The van der Waals surface area contributed by atoms with Crippen LogP contribution in [0.25, 0.3) is 5.69 Å². The van der Waals surface area contributed by atoms with Crippen LogP contribution in [0.15, 0.2) is 58.1 Å². The molecule has 0 spiro atoms. The van der Waals surface area contributed by atoms with E-state index in [1.165, 1.54) is 7.05 Å². The summed E-state index contributed by atoms with van der Waals surface area (Å²) in [7, 11) is 4.61. The number of aromatic nitrogens is 2. The maximum absolute atomic E-state index is 13.1. The van der Waals surface area contributed by atoms with Crippen LogP contribution in [0.5, 0.6) is 11.5 Å². The second-order valence-electron chi connectivity index (χ2n) is 8.60. The molecule has 3 aromatic rings. The summed E-state index contributed by atoms with van der Waals surface area (Å²) in [6.45, 7) is 2.85. The minimum atomic E-state index is -0.384. The summed E-state index contributed by atoms with van der Waals surface area (Å²) in [5.41, 5.74) is 1.68. The highest BCUT2D eigenvalue weighted by Gasteiger charge is 2.29. The van der Waals surface area contributed by atoms with Gasteiger partial charge >= 0.3 is 5.69 Å². The maximum atomic E-state index is 13.1. The third kappa shape index (κ3) is 4.80. The average Bonchev–Trinajstić information content (AvgIpc) is 2.88. The molecule has 1 N–H and O–H groups in total. The molecule has 0 bridgehead atoms. The van der Waals surface area contributed by atoms with Crippen LogP contribution in [0.3, 0.4) is 0 Å². The van der Waals surface area contributed by atoms with E-state index in [4.69, 9.17) is 9.47 Å². The number of hydrogen-bond acceptors (Lipinski definition) is 6. The van der Waals surface area contributed by atoms with Crippen LogP contribution in [0.2, 0.25) is 0 Å². The molecule has 9 nitrogen and oxygen atoms in total. The fourth-order valence-corrected chi connectivity index (χ4v) is 4.53. The minimum Gasteiger partial charge on any atom is -0.497 e. The van der Waals surface area contributed by atoms with Crippen LogP contribution in [-0.2, 0) is 11.8 Å². The average molecular weight is 479 g/mol. The fraction of sp³-hybridized carbons (Fsp3) is 0.346. The van der Waals surface area contributed by atoms with Gasteiger partial charge in [-0.05, 0) is 31.9 Å². The lowest BCUT2D eigenvalue weighted by Gasteiger charge is -2.34. The number of ether oxygens (including phenoxy) is 2. The maximum Gasteiger partial charge on any atom is 0.335 e. The standard InChI is InChI=1S/C26H30N4O5/c1-17-23(25(32)28(2)26(33)30(17)20-8-6-5-7-9-20)29-12-10-18(11-13-29)24(31)27-19-14-21(34-3)16-22(15-19)35-4/h5-9,14-16,18H,10-13H2,1-4H3,(H,27,31). The molecule has 0 atom stereocenters. The van der Waals surface area contributed by atoms with Crippen LogP contribution in [0.4, 0.5) is 11.4 Å². The van der Waals surface area contributed by atoms with E-state index in [-0.39, 0.29) is 23.1 Å². The van der Waals surface area contributed by atoms with E-state index in [1.54, 1.807) is 43.9 Å². The number of benzene rings is 2. The molecule has 2 aromatic carbocycles. The Kier molecular flexibility index (Phi) is 6.95. The number of nitrogens with one attached hydrogen (secondary N) is 1. The monoisotopic (exact) mass is 478 g/mol. The first-order chi connectivity index (χ1) is 16.8. The van der Waals surface area contributed by atoms with Crippen molar-refractivity contribution in [3.05, 3.63) is 75.1 Å². The van der Waals surface area contributed by atoms with Gasteiger partial charge in [0.25, 0.3) is 5.56 Å². The molecule has 1 amide bonds. The summed E-state index contributed by atoms with van der Waals surface area (Å²) in [5.74, 6) is 0.898. The van der Waals surface area contributed by atoms with Crippen molar-refractivity contribution < 1.29 is 14.3 Å². The van der Waals surface area contributed by atoms with E-state index >= 15 is 0 Å². The van der Waals surface area contributed by atoms with Gasteiger partial charge in [0, 0.05) is 49.9 Å². The van der Waals surface area contributed by atoms with E-state index in [2.05, 4.69) is 5.32 Å². The van der Waals surface area contributed by atoms with E-state index in [0.717, 1.165) is 4.57 Å². The molecule has 1 aliphatic rings. The molecule has 0 unspecified atom stereocenters. The van der Waals surface area contributed by atoms with Gasteiger partial charge in [-0.1, -0.05) is 18.2 Å². The Labute approximate surface area is 203 Å². The zero-order valence-electron chi connectivity index (χ0n) is 20.4. The Bertz CT molecular complexity index is 1320. The zero-order chi connectivity index (χ0) is 25.1. The number of rotatable bonds is 6. The van der Waals surface area contributed by atoms with Gasteiger partial charge in [0.2, 0.25) is 5.91 Å². The molecule has 0 aliphatic carbocycles. The first kappa shape index (κ1) is 24.1. The summed E-state index contributed by atoms with van der Waals surface area (Å²) < 4.78 is 13.3. The molecule has 0 saturated carbocycles. The van der Waals surface area contributed by atoms with Gasteiger partial charge in [0.05, 0.1) is 25.6 Å². The molecule has 184 valence electrons. The smallest absolute Gasteiger partial charge is 0.335 e. The molecule has 1 fully saturated rings. The third-order valence-electron chi connectivity index (χ3n) is 6.48. The molecule has 9 heteroatoms. The number of methoxy groups -OCH3 is 2. The summed E-state index contributed by atoms with van der Waals surface area (Å²) in [6, 6.07) is 14.5. The molecule has 1 aliphatic heterocycles. The Balaban J connectivity index is 1.53. The van der Waals surface area contributed by atoms with Crippen molar-refractivity contribution >= 4 is 17.3 Å². The highest BCUT2D eigenvalue weighted by atomic mass is 16.5. The van der Waals surface area contributed by atoms with Gasteiger partial charge in [0.1, 0.15) is 17.2 Å². The second-order valence-corrected chi connectivity index (χ2v) is 8.60. The van der Waals surface area contributed by atoms with Gasteiger partial charge in [-0.3, -0.25) is 18.7 Å². The van der Waals surface area contributed by atoms with Crippen LogP contribution < -0.4 is 30.9 Å². The third-order valence-corrected chi connectivity index (χ3v) is 6.48. The van der Waals surface area contributed by atoms with Crippen molar-refractivity contribution in [2.75, 3.05) is 37.5 Å². The Morgan fingerprint density at radius 1 is 0.971 bits per heavy atom. The van der Waals surface area contributed by atoms with Crippen LogP contribution in [0.1, 0.15) is 18.5 Å². The topological polar surface area (TPSA) is 94.8 Å². The quantitative estimate of drug-likeness (QED) is 0.586. The fourth-order valence-electron chi connectivity index (χ4n) is 4.53. The van der Waals surface area contributed by atoms with Crippen molar-refractivity contribution in [3.8, 4) is 17.2 Å². The second kappa shape index (κ2) is 10.1. The minimum absolute atomic E-state index is 0.0844. The van der Waals surface area contributed by atoms with Crippen LogP contribution >= 0.6 is 0 Å². The summed E-state index contributed by atoms with van der Waals surface area (Å²) in [4.78, 5) is 40.9. The van der Waals surface area contributed by atoms with E-state index in [9.17, 15) is 14.4 Å². The largest absolute Gasteiger partial charge is 0.497 e. The molecule has 1 aromatic heterocycles. The highest BCUT2D eigenvalue weighted by molar-refractivity contribution is 5.93. The van der Waals surface area contributed by atoms with Gasteiger partial charge < -0.3 is 19.7 Å². The van der Waals surface area contributed by atoms with Crippen LogP contribution in [0, 0.1) is 12.8 Å². The number of carbonyl (C=O) groups is 1. The number of para-hydroxylation sites is 1. The SMILES string of the molecule is COc1cc(NC(=O)C2CCN(c3c(C)n(-c4ccccc4)c(=O)n(C)c3=O)CC2)cc(OC)c1. The Morgan fingerprint density at radius 3 is 2.14 bits per heavy atom. The van der Waals surface area contributed by atoms with Crippen molar-refractivity contribution in [2.24, 2.45) is 13.0 Å². The number of nitrogens with zero attached hydrogens (tertiary/aromatic N) is 3. The predicted molar refractivity (Wildman–Crippen MR) is 135 cm³/mol. The lowest BCUT2D eigenvalue weighted by Crippen LogP contribution is -2.46. The summed E-state index contributed by atoms with van der Waals surface area (Å²) in [6.07, 6.45) is 1.17. The first-order valence-electron chi connectivity index (χ1n) is 11.5. The Hall–Kier alpha value is -4.01. The molecule has 1 saturated heterocycles. The molecular formula is C26H30N4O5. The van der Waals surface area contributed by atoms with E-state index in [0.29, 0.717) is 60.2 Å². The van der Waals surface area contributed by atoms with Gasteiger partial charge in [-0.15, -0.1) is 0 Å². The molecule has 2 heterocycles. The predicted octanol–water partition coefficient (Wildman–Crippen LogP) is 2.72. The highest BCUT2D eigenvalue weighted by Crippen LogP contribution is 2.28. The first-order valence-corrected chi connectivity index (χ1v) is 11.5. The van der Waals surface area contributed by atoms with Crippen molar-refractivity contribution in [1.29, 1.82) is 0 Å². The van der Waals surface area contributed by atoms with E-state index in [1.807, 2.05) is 35.2 Å². The zero-order valence-corrected chi connectivity index (χ0v) is 20.4. The van der Waals surface area contributed by atoms with Crippen LogP contribution in [-0.4, -0.2) is 42.4 Å². The number of carbonyl (C=O) groups excluding carboxylic acids is 1. The Morgan fingerprint density at radius 2 is 1.57 bits per heavy atom. The van der Waals surface area contributed by atoms with E-state index < -0.39 is 0 Å². The van der Waals surface area contributed by atoms with Crippen molar-refractivity contribution in [2.45, 2.75) is 19.8 Å². The van der Waals surface area contributed by atoms with Gasteiger partial charge in [0.15, 0.2) is 0 Å². The molecule has 35 heavy (non-hydrogen) atoms. The number of hydrogen-bond donors (Lipinski definition) is 1. The van der Waals surface area contributed by atoms with Crippen molar-refractivity contribution in [1.82, 2.24) is 9.13 Å². The lowest BCUT2D eigenvalue weighted by molar-refractivity contribution is -0.120. The lowest BCUT2D eigenvalue weighted by atomic mass is 9.95. The molecule has 0 radical (unpaired) electrons. The number of piperidine rings is 1. The normalized spacial score (nSPS) is 14.0. The molecule has 4 rings (SSSR count). The van der Waals surface area contributed by atoms with Gasteiger partial charge in [-0.25, -0.2) is 4.79 Å². The van der Waals surface area contributed by atoms with Crippen molar-refractivity contribution in [3.63, 3.8) is 0 Å². The summed E-state index contributed by atoms with van der Waals surface area (Å²) in [5, 5.41) is 2.96. The summed E-state index contributed by atoms with van der Waals surface area (Å²) >= 11 is 0. The molecular weight excluding hydrogens is 448 g/mol.